The van der Waals surface area contributed by atoms with Gasteiger partial charge in [0.25, 0.3) is 5.91 Å². The molecule has 4 nitrogen and oxygen atoms in total. The Kier molecular flexibility index (Phi) is 3.56. The Labute approximate surface area is 113 Å². The van der Waals surface area contributed by atoms with Crippen LogP contribution < -0.4 is 11.1 Å². The summed E-state index contributed by atoms with van der Waals surface area (Å²) >= 11 is 0. The van der Waals surface area contributed by atoms with E-state index in [-0.39, 0.29) is 22.6 Å². The van der Waals surface area contributed by atoms with E-state index in [1.165, 1.54) is 25.1 Å². The molecule has 20 heavy (non-hydrogen) atoms. The summed E-state index contributed by atoms with van der Waals surface area (Å²) in [6.07, 6.45) is 0. The molecule has 1 amide bonds. The zero-order valence-corrected chi connectivity index (χ0v) is 10.6. The Morgan fingerprint density at radius 3 is 2.65 bits per heavy atom. The van der Waals surface area contributed by atoms with Crippen molar-refractivity contribution in [2.75, 3.05) is 11.1 Å². The number of hydrogen-bond acceptors (Lipinski definition) is 3. The quantitative estimate of drug-likeness (QED) is 0.584. The molecule has 0 fully saturated rings. The molecule has 0 aliphatic carbocycles. The first-order valence-electron chi connectivity index (χ1n) is 5.74. The summed E-state index contributed by atoms with van der Waals surface area (Å²) in [5.41, 5.74) is 5.27. The molecule has 0 saturated carbocycles. The highest BCUT2D eigenvalue weighted by molar-refractivity contribution is 6.08. The fraction of sp³-hybridized carbons (Fsp3) is 0.0714. The van der Waals surface area contributed by atoms with E-state index in [1.807, 2.05) is 0 Å². The molecule has 4 N–H and O–H groups in total. The van der Waals surface area contributed by atoms with Crippen LogP contribution in [0.1, 0.15) is 15.9 Å². The maximum absolute atomic E-state index is 13.8. The summed E-state index contributed by atoms with van der Waals surface area (Å²) in [6.45, 7) is 1.45. The molecule has 0 saturated heterocycles. The normalized spacial score (nSPS) is 10.3. The number of carbonyl (C=O) groups excluding carboxylic acids is 1. The molecule has 6 heteroatoms. The zero-order chi connectivity index (χ0) is 14.9. The summed E-state index contributed by atoms with van der Waals surface area (Å²) < 4.78 is 27.3. The Balaban J connectivity index is 2.38. The number of carbonyl (C=O) groups is 1. The van der Waals surface area contributed by atoms with Crippen LogP contribution in [0.2, 0.25) is 0 Å². The summed E-state index contributed by atoms with van der Waals surface area (Å²) in [5, 5.41) is 11.4. The van der Waals surface area contributed by atoms with Gasteiger partial charge in [0.15, 0.2) is 5.82 Å². The molecule has 0 atom stereocenters. The predicted octanol–water partition coefficient (Wildman–Crippen LogP) is 2.81. The number of halogens is 2. The molecular weight excluding hydrogens is 266 g/mol. The Morgan fingerprint density at radius 2 is 1.95 bits per heavy atom. The van der Waals surface area contributed by atoms with E-state index in [4.69, 9.17) is 5.73 Å². The van der Waals surface area contributed by atoms with Gasteiger partial charge in [-0.25, -0.2) is 8.78 Å². The maximum Gasteiger partial charge on any atom is 0.258 e. The van der Waals surface area contributed by atoms with Crippen molar-refractivity contribution >= 4 is 17.3 Å². The van der Waals surface area contributed by atoms with Crippen LogP contribution in [0.25, 0.3) is 0 Å². The summed E-state index contributed by atoms with van der Waals surface area (Å²) in [7, 11) is 0. The molecule has 2 aromatic carbocycles. The number of nitrogen functional groups attached to an aromatic ring is 1. The van der Waals surface area contributed by atoms with Gasteiger partial charge in [-0.05, 0) is 36.8 Å². The van der Waals surface area contributed by atoms with Gasteiger partial charge < -0.3 is 16.2 Å². The maximum atomic E-state index is 13.8. The molecule has 0 aliphatic rings. The third-order valence-corrected chi connectivity index (χ3v) is 2.80. The van der Waals surface area contributed by atoms with E-state index in [0.717, 1.165) is 12.1 Å². The molecular formula is C14H12F2N2O2. The zero-order valence-electron chi connectivity index (χ0n) is 10.6. The van der Waals surface area contributed by atoms with Gasteiger partial charge in [-0.15, -0.1) is 0 Å². The van der Waals surface area contributed by atoms with Crippen molar-refractivity contribution in [3.8, 4) is 5.75 Å². The molecule has 0 aromatic heterocycles. The standard InChI is InChI=1S/C14H12F2N2O2/c1-7-2-4-10(15)13(12(7)16)18-14(20)9-6-8(19)3-5-11(9)17/h2-6,19H,17H2,1H3,(H,18,20). The van der Waals surface area contributed by atoms with Crippen molar-refractivity contribution in [2.45, 2.75) is 6.92 Å². The molecule has 2 aromatic rings. The van der Waals surface area contributed by atoms with Gasteiger partial charge in [0, 0.05) is 5.69 Å². The number of benzene rings is 2. The number of phenols is 1. The average Bonchev–Trinajstić information content (AvgIpc) is 2.41. The second kappa shape index (κ2) is 5.16. The van der Waals surface area contributed by atoms with Crippen molar-refractivity contribution in [2.24, 2.45) is 0 Å². The van der Waals surface area contributed by atoms with Crippen LogP contribution >= 0.6 is 0 Å². The van der Waals surface area contributed by atoms with Gasteiger partial charge >= 0.3 is 0 Å². The minimum atomic E-state index is -0.889. The SMILES string of the molecule is Cc1ccc(F)c(NC(=O)c2cc(O)ccc2N)c1F. The smallest absolute Gasteiger partial charge is 0.258 e. The average molecular weight is 278 g/mol. The van der Waals surface area contributed by atoms with Gasteiger partial charge in [0.2, 0.25) is 0 Å². The monoisotopic (exact) mass is 278 g/mol. The molecule has 0 radical (unpaired) electrons. The van der Waals surface area contributed by atoms with E-state index >= 15 is 0 Å². The topological polar surface area (TPSA) is 75.3 Å². The Bertz CT molecular complexity index is 687. The molecule has 0 heterocycles. The van der Waals surface area contributed by atoms with Crippen LogP contribution in [0.3, 0.4) is 0 Å². The fourth-order valence-corrected chi connectivity index (χ4v) is 1.69. The van der Waals surface area contributed by atoms with Crippen LogP contribution in [-0.4, -0.2) is 11.0 Å². The lowest BCUT2D eigenvalue weighted by Crippen LogP contribution is -2.16. The van der Waals surface area contributed by atoms with Gasteiger partial charge in [-0.3, -0.25) is 4.79 Å². The highest BCUT2D eigenvalue weighted by Crippen LogP contribution is 2.24. The van der Waals surface area contributed by atoms with Gasteiger partial charge in [-0.2, -0.15) is 0 Å². The summed E-state index contributed by atoms with van der Waals surface area (Å²) in [5.74, 6) is -2.71. The first-order valence-corrected chi connectivity index (χ1v) is 5.74. The van der Waals surface area contributed by atoms with Crippen molar-refractivity contribution in [1.82, 2.24) is 0 Å². The number of aryl methyl sites for hydroxylation is 1. The number of nitrogens with two attached hydrogens (primary N) is 1. The molecule has 0 unspecified atom stereocenters. The van der Waals surface area contributed by atoms with Crippen molar-refractivity contribution in [1.29, 1.82) is 0 Å². The van der Waals surface area contributed by atoms with E-state index in [1.54, 1.807) is 0 Å². The number of hydrogen-bond donors (Lipinski definition) is 3. The lowest BCUT2D eigenvalue weighted by atomic mass is 10.1. The highest BCUT2D eigenvalue weighted by Gasteiger charge is 2.17. The highest BCUT2D eigenvalue weighted by atomic mass is 19.1. The molecule has 0 spiro atoms. The minimum Gasteiger partial charge on any atom is -0.508 e. The third-order valence-electron chi connectivity index (χ3n) is 2.80. The van der Waals surface area contributed by atoms with Crippen LogP contribution in [-0.2, 0) is 0 Å². The van der Waals surface area contributed by atoms with Crippen LogP contribution in [0.15, 0.2) is 30.3 Å². The number of nitrogens with one attached hydrogen (secondary N) is 1. The molecule has 0 bridgehead atoms. The number of rotatable bonds is 2. The van der Waals surface area contributed by atoms with E-state index in [2.05, 4.69) is 5.32 Å². The Hall–Kier alpha value is -2.63. The van der Waals surface area contributed by atoms with Crippen LogP contribution in [0.5, 0.6) is 5.75 Å². The molecule has 0 aliphatic heterocycles. The summed E-state index contributed by atoms with van der Waals surface area (Å²) in [6, 6.07) is 6.08. The number of phenolic OH excluding ortho intramolecular Hbond substituents is 1. The Morgan fingerprint density at radius 1 is 1.25 bits per heavy atom. The third kappa shape index (κ3) is 2.54. The lowest BCUT2D eigenvalue weighted by Gasteiger charge is -2.10. The minimum absolute atomic E-state index is 0.0645. The molecule has 2 rings (SSSR count). The van der Waals surface area contributed by atoms with Crippen LogP contribution in [0.4, 0.5) is 20.2 Å². The molecule has 104 valence electrons. The van der Waals surface area contributed by atoms with E-state index in [9.17, 15) is 18.7 Å². The van der Waals surface area contributed by atoms with Crippen molar-refractivity contribution < 1.29 is 18.7 Å². The number of amides is 1. The second-order valence-electron chi connectivity index (χ2n) is 4.28. The van der Waals surface area contributed by atoms with Crippen molar-refractivity contribution in [3.63, 3.8) is 0 Å². The second-order valence-corrected chi connectivity index (χ2v) is 4.28. The van der Waals surface area contributed by atoms with Crippen LogP contribution in [0, 0.1) is 18.6 Å². The largest absolute Gasteiger partial charge is 0.508 e. The summed E-state index contributed by atoms with van der Waals surface area (Å²) in [4.78, 5) is 12.0. The lowest BCUT2D eigenvalue weighted by molar-refractivity contribution is 0.102. The fourth-order valence-electron chi connectivity index (χ4n) is 1.69. The van der Waals surface area contributed by atoms with E-state index in [0.29, 0.717) is 0 Å². The van der Waals surface area contributed by atoms with Gasteiger partial charge in [-0.1, -0.05) is 6.07 Å². The van der Waals surface area contributed by atoms with E-state index < -0.39 is 23.2 Å². The first-order chi connectivity index (χ1) is 9.40. The van der Waals surface area contributed by atoms with Gasteiger partial charge in [0.05, 0.1) is 5.56 Å². The van der Waals surface area contributed by atoms with Gasteiger partial charge in [0.1, 0.15) is 17.3 Å². The number of aromatic hydroxyl groups is 1. The first kappa shape index (κ1) is 13.8. The van der Waals surface area contributed by atoms with Crippen molar-refractivity contribution in [3.05, 3.63) is 53.1 Å². The predicted molar refractivity (Wildman–Crippen MR) is 71.6 cm³/mol. The number of anilines is 2.